The molecule has 0 unspecified atom stereocenters. The molecule has 1 aromatic carbocycles. The maximum absolute atomic E-state index is 12.3. The average Bonchev–Trinajstić information content (AvgIpc) is 3.21. The number of amides is 1. The van der Waals surface area contributed by atoms with Crippen molar-refractivity contribution in [2.24, 2.45) is 0 Å². The number of hydrogen-bond donors (Lipinski definition) is 1. The normalized spacial score (nSPS) is 10.7. The van der Waals surface area contributed by atoms with Gasteiger partial charge in [0, 0.05) is 31.5 Å². The summed E-state index contributed by atoms with van der Waals surface area (Å²) in [5.74, 6) is 0. The molecule has 9 nitrogen and oxygen atoms in total. The van der Waals surface area contributed by atoms with Crippen molar-refractivity contribution < 1.29 is 14.3 Å². The third-order valence-electron chi connectivity index (χ3n) is 4.27. The number of methoxy groups -OCH3 is 1. The van der Waals surface area contributed by atoms with E-state index in [2.05, 4.69) is 15.5 Å². The van der Waals surface area contributed by atoms with Crippen molar-refractivity contribution in [2.75, 3.05) is 25.6 Å². The van der Waals surface area contributed by atoms with Gasteiger partial charge in [-0.3, -0.25) is 14.8 Å². The number of nitrogens with zero attached hydrogens (tertiary/aromatic N) is 4. The molecule has 0 atom stereocenters. The zero-order valence-electron chi connectivity index (χ0n) is 17.1. The topological polar surface area (TPSA) is 100 Å². The highest BCUT2D eigenvalue weighted by Crippen LogP contribution is 2.14. The lowest BCUT2D eigenvalue weighted by molar-refractivity contribution is 0.161. The van der Waals surface area contributed by atoms with E-state index in [1.165, 1.54) is 6.07 Å². The second kappa shape index (κ2) is 10.4. The predicted octanol–water partition coefficient (Wildman–Crippen LogP) is 2.62. The van der Waals surface area contributed by atoms with Gasteiger partial charge in [0.1, 0.15) is 11.4 Å². The minimum absolute atomic E-state index is 0.154. The molecule has 1 amide bonds. The molecule has 2 aromatic heterocycles. The molecule has 3 rings (SSSR count). The molecule has 2 heterocycles. The first-order valence-corrected chi connectivity index (χ1v) is 9.72. The summed E-state index contributed by atoms with van der Waals surface area (Å²) < 4.78 is 13.5. The largest absolute Gasteiger partial charge is 0.449 e. The number of benzene rings is 1. The molecule has 158 valence electrons. The van der Waals surface area contributed by atoms with Crippen LogP contribution in [0.3, 0.4) is 0 Å². The molecule has 9 heteroatoms. The van der Waals surface area contributed by atoms with Crippen LogP contribution in [-0.2, 0) is 22.4 Å². The Morgan fingerprint density at radius 2 is 2.10 bits per heavy atom. The molecule has 0 aliphatic rings. The van der Waals surface area contributed by atoms with Gasteiger partial charge in [0.15, 0.2) is 0 Å². The smallest absolute Gasteiger partial charge is 0.411 e. The van der Waals surface area contributed by atoms with Gasteiger partial charge in [0.05, 0.1) is 32.2 Å². The number of carbonyl (C=O) groups excluding carboxylic acids is 1. The zero-order chi connectivity index (χ0) is 21.3. The van der Waals surface area contributed by atoms with Crippen LogP contribution in [0.2, 0.25) is 0 Å². The van der Waals surface area contributed by atoms with Crippen LogP contribution in [0.15, 0.2) is 53.7 Å². The van der Waals surface area contributed by atoms with E-state index in [-0.39, 0.29) is 5.43 Å². The molecular weight excluding hydrogens is 386 g/mol. The van der Waals surface area contributed by atoms with Crippen molar-refractivity contribution >= 4 is 11.8 Å². The molecule has 1 N–H and O–H groups in total. The molecule has 0 fully saturated rings. The van der Waals surface area contributed by atoms with Crippen LogP contribution in [0.25, 0.3) is 5.69 Å². The lowest BCUT2D eigenvalue weighted by Crippen LogP contribution is -2.16. The van der Waals surface area contributed by atoms with Crippen LogP contribution in [0.5, 0.6) is 0 Å². The second-order valence-corrected chi connectivity index (χ2v) is 6.66. The Morgan fingerprint density at radius 3 is 2.90 bits per heavy atom. The minimum atomic E-state index is -0.500. The first-order valence-electron chi connectivity index (χ1n) is 9.72. The van der Waals surface area contributed by atoms with Crippen LogP contribution in [0, 0.1) is 0 Å². The molecule has 0 aliphatic carbocycles. The fourth-order valence-corrected chi connectivity index (χ4v) is 2.79. The lowest BCUT2D eigenvalue weighted by Gasteiger charge is -2.08. The molecule has 0 bridgehead atoms. The number of anilines is 1. The van der Waals surface area contributed by atoms with Crippen LogP contribution in [0.4, 0.5) is 10.5 Å². The van der Waals surface area contributed by atoms with Crippen LogP contribution < -0.4 is 10.7 Å². The highest BCUT2D eigenvalue weighted by Gasteiger charge is 2.09. The Hall–Kier alpha value is -3.46. The highest BCUT2D eigenvalue weighted by atomic mass is 16.5. The minimum Gasteiger partial charge on any atom is -0.449 e. The number of nitrogens with one attached hydrogen (secondary N) is 1. The average molecular weight is 411 g/mol. The van der Waals surface area contributed by atoms with Gasteiger partial charge in [-0.05, 0) is 24.1 Å². The maximum Gasteiger partial charge on any atom is 0.411 e. The van der Waals surface area contributed by atoms with Gasteiger partial charge >= 0.3 is 6.09 Å². The third kappa shape index (κ3) is 5.77. The Morgan fingerprint density at radius 1 is 1.23 bits per heavy atom. The van der Waals surface area contributed by atoms with Gasteiger partial charge in [0.2, 0.25) is 5.43 Å². The van der Waals surface area contributed by atoms with E-state index < -0.39 is 6.09 Å². The van der Waals surface area contributed by atoms with Gasteiger partial charge in [-0.1, -0.05) is 19.1 Å². The summed E-state index contributed by atoms with van der Waals surface area (Å²) in [6.07, 6.45) is 5.72. The number of aromatic nitrogens is 4. The molecule has 0 saturated heterocycles. The fourth-order valence-electron chi connectivity index (χ4n) is 2.79. The Balaban J connectivity index is 1.74. The summed E-state index contributed by atoms with van der Waals surface area (Å²) in [6.45, 7) is 3.48. The molecule has 3 aromatic rings. The SMILES string of the molecule is CCCOC(=O)Nc1cccc(Cc2nn(-c3cnn(CCOC)c3)ccc2=O)c1. The van der Waals surface area contributed by atoms with Crippen LogP contribution in [-0.4, -0.2) is 46.0 Å². The predicted molar refractivity (Wildman–Crippen MR) is 112 cm³/mol. The van der Waals surface area contributed by atoms with E-state index >= 15 is 0 Å². The van der Waals surface area contributed by atoms with E-state index in [4.69, 9.17) is 9.47 Å². The summed E-state index contributed by atoms with van der Waals surface area (Å²) in [6, 6.07) is 8.74. The Labute approximate surface area is 174 Å². The van der Waals surface area contributed by atoms with Crippen molar-refractivity contribution in [3.63, 3.8) is 0 Å². The first kappa shape index (κ1) is 21.3. The monoisotopic (exact) mass is 411 g/mol. The fraction of sp³-hybridized carbons (Fsp3) is 0.333. The summed E-state index contributed by atoms with van der Waals surface area (Å²) in [5.41, 5.74) is 2.44. The molecule has 0 spiro atoms. The van der Waals surface area contributed by atoms with Gasteiger partial charge < -0.3 is 9.47 Å². The van der Waals surface area contributed by atoms with Gasteiger partial charge in [0.25, 0.3) is 0 Å². The molecule has 30 heavy (non-hydrogen) atoms. The summed E-state index contributed by atoms with van der Waals surface area (Å²) in [5, 5.41) is 11.4. The zero-order valence-corrected chi connectivity index (χ0v) is 17.1. The van der Waals surface area contributed by atoms with E-state index in [0.717, 1.165) is 17.7 Å². The maximum atomic E-state index is 12.3. The molecule has 0 aliphatic heterocycles. The lowest BCUT2D eigenvalue weighted by atomic mass is 10.1. The van der Waals surface area contributed by atoms with Crippen molar-refractivity contribution in [1.29, 1.82) is 0 Å². The van der Waals surface area contributed by atoms with Crippen LogP contribution in [0.1, 0.15) is 24.6 Å². The van der Waals surface area contributed by atoms with E-state index in [1.807, 2.05) is 25.3 Å². The van der Waals surface area contributed by atoms with Crippen LogP contribution >= 0.6 is 0 Å². The van der Waals surface area contributed by atoms with Crippen molar-refractivity contribution in [2.45, 2.75) is 26.3 Å². The third-order valence-corrected chi connectivity index (χ3v) is 4.27. The molecule has 0 radical (unpaired) electrons. The van der Waals surface area contributed by atoms with E-state index in [1.54, 1.807) is 41.0 Å². The van der Waals surface area contributed by atoms with Crippen molar-refractivity contribution in [3.05, 3.63) is 70.4 Å². The van der Waals surface area contributed by atoms with Crippen molar-refractivity contribution in [3.8, 4) is 5.69 Å². The van der Waals surface area contributed by atoms with Crippen molar-refractivity contribution in [1.82, 2.24) is 19.6 Å². The summed E-state index contributed by atoms with van der Waals surface area (Å²) in [7, 11) is 1.64. The second-order valence-electron chi connectivity index (χ2n) is 6.66. The number of carbonyl (C=O) groups is 1. The standard InChI is InChI=1S/C21H25N5O4/c1-3-10-30-21(28)23-17-6-4-5-16(12-17)13-19-20(27)7-8-26(24-19)18-14-22-25(15-18)9-11-29-2/h4-8,12,14-15H,3,9-11,13H2,1-2H3,(H,23,28). The Bertz CT molecular complexity index is 1040. The van der Waals surface area contributed by atoms with Gasteiger partial charge in [-0.2, -0.15) is 10.2 Å². The summed E-state index contributed by atoms with van der Waals surface area (Å²) in [4.78, 5) is 24.1. The molecular formula is C21H25N5O4. The summed E-state index contributed by atoms with van der Waals surface area (Å²) >= 11 is 0. The quantitative estimate of drug-likeness (QED) is 0.581. The van der Waals surface area contributed by atoms with Gasteiger partial charge in [-0.25, -0.2) is 9.48 Å². The van der Waals surface area contributed by atoms with E-state index in [0.29, 0.717) is 37.6 Å². The van der Waals surface area contributed by atoms with Gasteiger partial charge in [-0.15, -0.1) is 0 Å². The Kier molecular flexibility index (Phi) is 7.34. The highest BCUT2D eigenvalue weighted by molar-refractivity contribution is 5.84. The molecule has 0 saturated carbocycles. The first-order chi connectivity index (χ1) is 14.6. The number of hydrogen-bond acceptors (Lipinski definition) is 6. The van der Waals surface area contributed by atoms with E-state index in [9.17, 15) is 9.59 Å². The number of ether oxygens (including phenoxy) is 2. The number of rotatable bonds is 9.